The highest BCUT2D eigenvalue weighted by atomic mass is 79.9. The van der Waals surface area contributed by atoms with E-state index in [9.17, 15) is 4.79 Å². The zero-order valence-corrected chi connectivity index (χ0v) is 11.5. The second-order valence-corrected chi connectivity index (χ2v) is 5.29. The lowest BCUT2D eigenvalue weighted by Crippen LogP contribution is -2.27. The molecule has 2 unspecified atom stereocenters. The first-order valence-electron chi connectivity index (χ1n) is 5.82. The van der Waals surface area contributed by atoms with Crippen LogP contribution in [0.4, 0.5) is 5.82 Å². The van der Waals surface area contributed by atoms with E-state index in [4.69, 9.17) is 0 Å². The number of halogens is 1. The van der Waals surface area contributed by atoms with E-state index in [0.717, 1.165) is 17.4 Å². The van der Waals surface area contributed by atoms with E-state index in [0.29, 0.717) is 23.3 Å². The Morgan fingerprint density at radius 1 is 1.65 bits per heavy atom. The Bertz CT molecular complexity index is 436. The summed E-state index contributed by atoms with van der Waals surface area (Å²) in [4.78, 5) is 16.3. The van der Waals surface area contributed by atoms with Crippen LogP contribution >= 0.6 is 15.9 Å². The lowest BCUT2D eigenvalue weighted by Gasteiger charge is -2.10. The van der Waals surface area contributed by atoms with Gasteiger partial charge in [-0.2, -0.15) is 0 Å². The Labute approximate surface area is 109 Å². The third-order valence-corrected chi connectivity index (χ3v) is 3.30. The van der Waals surface area contributed by atoms with Crippen molar-refractivity contribution >= 4 is 27.7 Å². The Kier molecular flexibility index (Phi) is 3.66. The number of aromatic nitrogens is 1. The minimum Gasteiger partial charge on any atom is -0.370 e. The monoisotopic (exact) mass is 297 g/mol. The largest absolute Gasteiger partial charge is 0.370 e. The summed E-state index contributed by atoms with van der Waals surface area (Å²) in [5.41, 5.74) is 0.598. The fraction of sp³-hybridized carbons (Fsp3) is 0.500. The molecule has 0 bridgehead atoms. The molecule has 0 radical (unpaired) electrons. The van der Waals surface area contributed by atoms with Crippen molar-refractivity contribution in [3.8, 4) is 0 Å². The van der Waals surface area contributed by atoms with Crippen molar-refractivity contribution in [1.29, 1.82) is 0 Å². The van der Waals surface area contributed by atoms with Gasteiger partial charge in [0.15, 0.2) is 0 Å². The first kappa shape index (κ1) is 12.4. The fourth-order valence-corrected chi connectivity index (χ4v) is 2.02. The van der Waals surface area contributed by atoms with Crippen LogP contribution in [-0.2, 0) is 0 Å². The fourth-order valence-electron chi connectivity index (χ4n) is 1.69. The van der Waals surface area contributed by atoms with Gasteiger partial charge in [0.05, 0.1) is 5.56 Å². The van der Waals surface area contributed by atoms with E-state index >= 15 is 0 Å². The summed E-state index contributed by atoms with van der Waals surface area (Å²) in [6.45, 7) is 4.86. The van der Waals surface area contributed by atoms with Gasteiger partial charge in [-0.1, -0.05) is 6.92 Å². The van der Waals surface area contributed by atoms with Crippen LogP contribution < -0.4 is 10.6 Å². The average Bonchev–Trinajstić information content (AvgIpc) is 2.97. The van der Waals surface area contributed by atoms with Gasteiger partial charge in [-0.05, 0) is 41.3 Å². The van der Waals surface area contributed by atoms with Crippen LogP contribution in [0, 0.1) is 5.92 Å². The molecule has 1 aromatic heterocycles. The summed E-state index contributed by atoms with van der Waals surface area (Å²) in [6, 6.07) is 2.13. The summed E-state index contributed by atoms with van der Waals surface area (Å²) in [7, 11) is 0. The second kappa shape index (κ2) is 5.04. The molecular formula is C12H16BrN3O. The molecule has 2 N–H and O–H groups in total. The number of hydrogen-bond acceptors (Lipinski definition) is 3. The number of anilines is 1. The molecule has 0 saturated heterocycles. The van der Waals surface area contributed by atoms with Gasteiger partial charge in [-0.25, -0.2) is 4.98 Å². The van der Waals surface area contributed by atoms with Gasteiger partial charge in [-0.3, -0.25) is 4.79 Å². The first-order chi connectivity index (χ1) is 8.11. The highest BCUT2D eigenvalue weighted by Gasteiger charge is 2.34. The van der Waals surface area contributed by atoms with E-state index in [1.165, 1.54) is 0 Å². The van der Waals surface area contributed by atoms with Gasteiger partial charge in [0.25, 0.3) is 5.91 Å². The summed E-state index contributed by atoms with van der Waals surface area (Å²) in [5, 5.41) is 6.10. The Morgan fingerprint density at radius 3 is 2.94 bits per heavy atom. The van der Waals surface area contributed by atoms with Gasteiger partial charge < -0.3 is 10.6 Å². The number of hydrogen-bond donors (Lipinski definition) is 2. The summed E-state index contributed by atoms with van der Waals surface area (Å²) in [6.07, 6.45) is 2.76. The second-order valence-electron chi connectivity index (χ2n) is 4.37. The number of pyridine rings is 1. The molecule has 0 spiro atoms. The molecule has 17 heavy (non-hydrogen) atoms. The van der Waals surface area contributed by atoms with Crippen molar-refractivity contribution in [3.63, 3.8) is 0 Å². The Balaban J connectivity index is 2.16. The molecule has 2 atom stereocenters. The molecule has 0 aliphatic heterocycles. The highest BCUT2D eigenvalue weighted by molar-refractivity contribution is 9.10. The average molecular weight is 298 g/mol. The maximum Gasteiger partial charge on any atom is 0.255 e. The molecule has 1 amide bonds. The lowest BCUT2D eigenvalue weighted by molar-refractivity contribution is 0.0950. The van der Waals surface area contributed by atoms with E-state index in [-0.39, 0.29) is 5.91 Å². The lowest BCUT2D eigenvalue weighted by atomic mass is 10.2. The van der Waals surface area contributed by atoms with E-state index in [1.54, 1.807) is 12.3 Å². The number of carbonyl (C=O) groups is 1. The van der Waals surface area contributed by atoms with E-state index < -0.39 is 0 Å². The third kappa shape index (κ3) is 2.97. The summed E-state index contributed by atoms with van der Waals surface area (Å²) >= 11 is 3.34. The first-order valence-corrected chi connectivity index (χ1v) is 6.61. The molecule has 1 heterocycles. The molecule has 5 heteroatoms. The van der Waals surface area contributed by atoms with Crippen molar-refractivity contribution in [1.82, 2.24) is 10.3 Å². The predicted molar refractivity (Wildman–Crippen MR) is 71.1 cm³/mol. The van der Waals surface area contributed by atoms with Crippen LogP contribution in [0.15, 0.2) is 16.7 Å². The van der Waals surface area contributed by atoms with Crippen molar-refractivity contribution < 1.29 is 4.79 Å². The van der Waals surface area contributed by atoms with E-state index in [1.807, 2.05) is 6.92 Å². The molecule has 92 valence electrons. The molecule has 4 nitrogen and oxygen atoms in total. The van der Waals surface area contributed by atoms with Crippen LogP contribution in [0.5, 0.6) is 0 Å². The van der Waals surface area contributed by atoms with E-state index in [2.05, 4.69) is 38.5 Å². The minimum absolute atomic E-state index is 0.0518. The smallest absolute Gasteiger partial charge is 0.255 e. The van der Waals surface area contributed by atoms with Crippen LogP contribution in [0.3, 0.4) is 0 Å². The number of rotatable bonds is 4. The van der Waals surface area contributed by atoms with Crippen molar-refractivity contribution in [3.05, 3.63) is 22.3 Å². The summed E-state index contributed by atoms with van der Waals surface area (Å²) in [5.74, 6) is 1.19. The molecule has 1 fully saturated rings. The standard InChI is InChI=1S/C12H16BrN3O/c1-3-14-11-9(5-8(13)6-15-11)12(17)16-10-4-7(10)2/h5-7,10H,3-4H2,1-2H3,(H,14,15)(H,16,17). The van der Waals surface area contributed by atoms with Crippen molar-refractivity contribution in [2.75, 3.05) is 11.9 Å². The van der Waals surface area contributed by atoms with Gasteiger partial charge >= 0.3 is 0 Å². The molecule has 2 rings (SSSR count). The molecule has 1 saturated carbocycles. The molecular weight excluding hydrogens is 282 g/mol. The maximum absolute atomic E-state index is 12.1. The SMILES string of the molecule is CCNc1ncc(Br)cc1C(=O)NC1CC1C. The topological polar surface area (TPSA) is 54.0 Å². The van der Waals surface area contributed by atoms with Crippen LogP contribution in [0.25, 0.3) is 0 Å². The van der Waals surface area contributed by atoms with Crippen molar-refractivity contribution in [2.24, 2.45) is 5.92 Å². The molecule has 1 aliphatic rings. The summed E-state index contributed by atoms with van der Waals surface area (Å²) < 4.78 is 0.813. The van der Waals surface area contributed by atoms with Gasteiger partial charge in [-0.15, -0.1) is 0 Å². The number of nitrogens with one attached hydrogen (secondary N) is 2. The van der Waals surface area contributed by atoms with Crippen LogP contribution in [-0.4, -0.2) is 23.5 Å². The highest BCUT2D eigenvalue weighted by Crippen LogP contribution is 2.29. The maximum atomic E-state index is 12.1. The Morgan fingerprint density at radius 2 is 2.35 bits per heavy atom. The van der Waals surface area contributed by atoms with Gasteiger partial charge in [0.2, 0.25) is 0 Å². The molecule has 1 aliphatic carbocycles. The van der Waals surface area contributed by atoms with Gasteiger partial charge in [0.1, 0.15) is 5.82 Å². The number of nitrogens with zero attached hydrogens (tertiary/aromatic N) is 1. The zero-order chi connectivity index (χ0) is 12.4. The third-order valence-electron chi connectivity index (χ3n) is 2.87. The van der Waals surface area contributed by atoms with Crippen molar-refractivity contribution in [2.45, 2.75) is 26.3 Å². The number of amides is 1. The number of carbonyl (C=O) groups excluding carboxylic acids is 1. The molecule has 1 aromatic rings. The normalized spacial score (nSPS) is 22.1. The van der Waals surface area contributed by atoms with Crippen LogP contribution in [0.2, 0.25) is 0 Å². The minimum atomic E-state index is -0.0518. The quantitative estimate of drug-likeness (QED) is 0.897. The van der Waals surface area contributed by atoms with Crippen LogP contribution in [0.1, 0.15) is 30.6 Å². The molecule has 0 aromatic carbocycles. The zero-order valence-electron chi connectivity index (χ0n) is 9.96. The van der Waals surface area contributed by atoms with Gasteiger partial charge in [0, 0.05) is 23.3 Å². The predicted octanol–water partition coefficient (Wildman–Crippen LogP) is 2.41. The Hall–Kier alpha value is -1.10.